The number of carbonyl (C=O) groups excluding carboxylic acids is 1. The fourth-order valence-corrected chi connectivity index (χ4v) is 0.764. The molecule has 0 fully saturated rings. The van der Waals surface area contributed by atoms with Gasteiger partial charge in [0.25, 0.3) is 0 Å². The lowest BCUT2D eigenvalue weighted by molar-refractivity contribution is -0.113. The number of nitrogens with two attached hydrogens (primary N) is 1. The number of amides is 1. The van der Waals surface area contributed by atoms with Gasteiger partial charge >= 0.3 is 0 Å². The molecule has 0 rings (SSSR count). The molecule has 0 saturated carbocycles. The van der Waals surface area contributed by atoms with Gasteiger partial charge in [0.1, 0.15) is 0 Å². The van der Waals surface area contributed by atoms with Crippen LogP contribution in [0, 0.1) is 0 Å². The van der Waals surface area contributed by atoms with Crippen LogP contribution in [0.1, 0.15) is 26.7 Å². The highest BCUT2D eigenvalue weighted by Crippen LogP contribution is 1.95. The fourth-order valence-electron chi connectivity index (χ4n) is 0.764. The van der Waals surface area contributed by atoms with Gasteiger partial charge in [0.2, 0.25) is 5.91 Å². The predicted molar refractivity (Wildman–Crippen MR) is 48.7 cm³/mol. The van der Waals surface area contributed by atoms with E-state index in [1.165, 1.54) is 6.08 Å². The van der Waals surface area contributed by atoms with Gasteiger partial charge in [0.15, 0.2) is 0 Å². The Morgan fingerprint density at radius 2 is 2.25 bits per heavy atom. The molecule has 0 saturated heterocycles. The van der Waals surface area contributed by atoms with Crippen molar-refractivity contribution < 1.29 is 9.53 Å². The highest BCUT2D eigenvalue weighted by molar-refractivity contribution is 5.86. The smallest absolute Gasteiger partial charge is 0.241 e. The fraction of sp³-hybridized carbons (Fsp3) is 0.667. The van der Waals surface area contributed by atoms with Gasteiger partial charge in [-0.25, -0.2) is 0 Å². The second-order valence-electron chi connectivity index (χ2n) is 2.80. The Hall–Kier alpha value is -0.830. The maximum Gasteiger partial charge on any atom is 0.241 e. The van der Waals surface area contributed by atoms with Crippen LogP contribution in [0.5, 0.6) is 0 Å². The summed E-state index contributed by atoms with van der Waals surface area (Å²) in [6.07, 6.45) is 3.58. The van der Waals surface area contributed by atoms with E-state index in [1.807, 2.05) is 6.92 Å². The number of carbonyl (C=O) groups is 1. The molecule has 0 atom stereocenters. The molecular formula is C9H17NO2. The molecule has 3 heteroatoms. The first-order valence-corrected chi connectivity index (χ1v) is 4.21. The van der Waals surface area contributed by atoms with E-state index >= 15 is 0 Å². The minimum atomic E-state index is -0.411. The molecule has 12 heavy (non-hydrogen) atoms. The summed E-state index contributed by atoms with van der Waals surface area (Å²) in [5.74, 6) is -0.411. The molecule has 1 amide bonds. The van der Waals surface area contributed by atoms with Gasteiger partial charge in [-0.3, -0.25) is 4.79 Å². The molecule has 0 aromatic carbocycles. The third-order valence-corrected chi connectivity index (χ3v) is 1.36. The van der Waals surface area contributed by atoms with Crippen molar-refractivity contribution in [2.24, 2.45) is 5.73 Å². The molecule has 0 radical (unpaired) electrons. The van der Waals surface area contributed by atoms with Crippen molar-refractivity contribution in [3.63, 3.8) is 0 Å². The third kappa shape index (κ3) is 7.28. The number of unbranched alkanes of at least 4 members (excludes halogenated alkanes) is 1. The number of ether oxygens (including phenoxy) is 1. The summed E-state index contributed by atoms with van der Waals surface area (Å²) >= 11 is 0. The average molecular weight is 171 g/mol. The van der Waals surface area contributed by atoms with Crippen molar-refractivity contribution in [2.45, 2.75) is 26.7 Å². The van der Waals surface area contributed by atoms with Crippen LogP contribution in [-0.2, 0) is 9.53 Å². The zero-order valence-corrected chi connectivity index (χ0v) is 7.80. The Bertz CT molecular complexity index is 164. The van der Waals surface area contributed by atoms with E-state index in [9.17, 15) is 4.79 Å². The van der Waals surface area contributed by atoms with Gasteiger partial charge in [-0.1, -0.05) is 13.3 Å². The Labute approximate surface area is 73.6 Å². The molecule has 0 aliphatic rings. The first-order chi connectivity index (χ1) is 5.66. The van der Waals surface area contributed by atoms with Crippen molar-refractivity contribution in [3.05, 3.63) is 11.6 Å². The van der Waals surface area contributed by atoms with Gasteiger partial charge in [0.05, 0.1) is 6.61 Å². The summed E-state index contributed by atoms with van der Waals surface area (Å²) in [4.78, 5) is 10.4. The highest BCUT2D eigenvalue weighted by atomic mass is 16.5. The summed E-state index contributed by atoms with van der Waals surface area (Å²) in [6, 6.07) is 0. The Morgan fingerprint density at radius 3 is 2.75 bits per heavy atom. The minimum absolute atomic E-state index is 0.411. The van der Waals surface area contributed by atoms with Crippen molar-refractivity contribution in [2.75, 3.05) is 13.2 Å². The van der Waals surface area contributed by atoms with Gasteiger partial charge in [0, 0.05) is 12.7 Å². The zero-order chi connectivity index (χ0) is 9.40. The predicted octanol–water partition coefficient (Wildman–Crippen LogP) is 1.23. The molecule has 70 valence electrons. The van der Waals surface area contributed by atoms with E-state index in [4.69, 9.17) is 10.5 Å². The highest BCUT2D eigenvalue weighted by Gasteiger charge is 1.92. The van der Waals surface area contributed by atoms with Crippen LogP contribution in [0.3, 0.4) is 0 Å². The van der Waals surface area contributed by atoms with Crippen molar-refractivity contribution in [1.29, 1.82) is 0 Å². The average Bonchev–Trinajstić information content (AvgIpc) is 1.97. The first-order valence-electron chi connectivity index (χ1n) is 4.21. The number of hydrogen-bond donors (Lipinski definition) is 1. The van der Waals surface area contributed by atoms with E-state index in [0.717, 1.165) is 25.0 Å². The minimum Gasteiger partial charge on any atom is -0.377 e. The van der Waals surface area contributed by atoms with Crippen LogP contribution in [0.4, 0.5) is 0 Å². The van der Waals surface area contributed by atoms with E-state index in [0.29, 0.717) is 6.61 Å². The summed E-state index contributed by atoms with van der Waals surface area (Å²) in [6.45, 7) is 5.19. The monoisotopic (exact) mass is 171 g/mol. The second-order valence-corrected chi connectivity index (χ2v) is 2.80. The number of rotatable bonds is 6. The van der Waals surface area contributed by atoms with Gasteiger partial charge in [-0.2, -0.15) is 0 Å². The van der Waals surface area contributed by atoms with Crippen LogP contribution in [0.2, 0.25) is 0 Å². The molecule has 0 aromatic heterocycles. The van der Waals surface area contributed by atoms with E-state index < -0.39 is 5.91 Å². The zero-order valence-electron chi connectivity index (χ0n) is 7.80. The van der Waals surface area contributed by atoms with Crippen LogP contribution in [0.15, 0.2) is 11.6 Å². The van der Waals surface area contributed by atoms with E-state index in [1.54, 1.807) is 0 Å². The quantitative estimate of drug-likeness (QED) is 0.483. The molecule has 2 N–H and O–H groups in total. The van der Waals surface area contributed by atoms with Crippen LogP contribution >= 0.6 is 0 Å². The van der Waals surface area contributed by atoms with Crippen molar-refractivity contribution >= 4 is 5.91 Å². The SMILES string of the molecule is CCCCOCC(C)=CC(N)=O. The molecule has 0 aliphatic heterocycles. The molecule has 0 unspecified atom stereocenters. The van der Waals surface area contributed by atoms with Crippen LogP contribution < -0.4 is 5.73 Å². The lowest BCUT2D eigenvalue weighted by Gasteiger charge is -2.01. The van der Waals surface area contributed by atoms with E-state index in [-0.39, 0.29) is 0 Å². The molecule has 0 spiro atoms. The maximum absolute atomic E-state index is 10.4. The first kappa shape index (κ1) is 11.2. The summed E-state index contributed by atoms with van der Waals surface area (Å²) < 4.78 is 5.26. The molecule has 0 aliphatic carbocycles. The van der Waals surface area contributed by atoms with Gasteiger partial charge < -0.3 is 10.5 Å². The van der Waals surface area contributed by atoms with Crippen molar-refractivity contribution in [1.82, 2.24) is 0 Å². The topological polar surface area (TPSA) is 52.3 Å². The van der Waals surface area contributed by atoms with Gasteiger partial charge in [-0.05, 0) is 18.9 Å². The van der Waals surface area contributed by atoms with Crippen molar-refractivity contribution in [3.8, 4) is 0 Å². The van der Waals surface area contributed by atoms with Crippen LogP contribution in [0.25, 0.3) is 0 Å². The summed E-state index contributed by atoms with van der Waals surface area (Å²) in [7, 11) is 0. The Morgan fingerprint density at radius 1 is 1.58 bits per heavy atom. The molecular weight excluding hydrogens is 154 g/mol. The Balaban J connectivity index is 3.43. The second kappa shape index (κ2) is 6.85. The third-order valence-electron chi connectivity index (χ3n) is 1.36. The number of primary amides is 1. The summed E-state index contributed by atoms with van der Waals surface area (Å²) in [5, 5.41) is 0. The number of hydrogen-bond acceptors (Lipinski definition) is 2. The van der Waals surface area contributed by atoms with E-state index in [2.05, 4.69) is 6.92 Å². The lowest BCUT2D eigenvalue weighted by Crippen LogP contribution is -2.08. The normalized spacial score (nSPS) is 11.7. The molecule has 0 heterocycles. The standard InChI is InChI=1S/C9H17NO2/c1-3-4-5-12-7-8(2)6-9(10)11/h6H,3-5,7H2,1-2H3,(H2,10,11). The summed E-state index contributed by atoms with van der Waals surface area (Å²) in [5.41, 5.74) is 5.83. The molecule has 3 nitrogen and oxygen atoms in total. The lowest BCUT2D eigenvalue weighted by atomic mass is 10.3. The van der Waals surface area contributed by atoms with Gasteiger partial charge in [-0.15, -0.1) is 0 Å². The maximum atomic E-state index is 10.4. The largest absolute Gasteiger partial charge is 0.377 e. The van der Waals surface area contributed by atoms with Crippen LogP contribution in [-0.4, -0.2) is 19.1 Å². The molecule has 0 bridgehead atoms. The molecule has 0 aromatic rings. The Kier molecular flexibility index (Phi) is 6.38.